The van der Waals surface area contributed by atoms with Crippen LogP contribution in [0.4, 0.5) is 0 Å². The van der Waals surface area contributed by atoms with Gasteiger partial charge in [-0.15, -0.1) is 11.3 Å². The topological polar surface area (TPSA) is 49.4 Å². The van der Waals surface area contributed by atoms with Gasteiger partial charge in [0.2, 0.25) is 0 Å². The van der Waals surface area contributed by atoms with Crippen molar-refractivity contribution < 1.29 is 9.59 Å². The summed E-state index contributed by atoms with van der Waals surface area (Å²) in [6.07, 6.45) is 3.41. The Morgan fingerprint density at radius 2 is 1.78 bits per heavy atom. The van der Waals surface area contributed by atoms with Crippen LogP contribution >= 0.6 is 11.3 Å². The lowest BCUT2D eigenvalue weighted by Gasteiger charge is -2.26. The van der Waals surface area contributed by atoms with Crippen molar-refractivity contribution in [1.82, 2.24) is 10.2 Å². The molecule has 120 valence electrons. The van der Waals surface area contributed by atoms with Crippen LogP contribution in [0.1, 0.15) is 44.9 Å². The number of nitrogens with zero attached hydrogens (tertiary/aromatic N) is 1. The number of hydrogen-bond acceptors (Lipinski definition) is 3. The van der Waals surface area contributed by atoms with Crippen molar-refractivity contribution in [3.63, 3.8) is 0 Å². The van der Waals surface area contributed by atoms with Crippen LogP contribution in [0.5, 0.6) is 0 Å². The predicted molar refractivity (Wildman–Crippen MR) is 91.7 cm³/mol. The average molecular weight is 328 g/mol. The van der Waals surface area contributed by atoms with Gasteiger partial charge in [0.1, 0.15) is 0 Å². The molecule has 1 saturated heterocycles. The number of carbonyl (C=O) groups excluding carboxylic acids is 2. The van der Waals surface area contributed by atoms with E-state index in [9.17, 15) is 9.59 Å². The Bertz CT molecular complexity index is 659. The standard InChI is InChI=1S/C18H20N2O2S/c21-17(16-5-4-12-23-16)19-13-14-6-8-15(9-7-14)18(22)20-10-2-1-3-11-20/h4-9,12H,1-3,10-11,13H2,(H,19,21). The fraction of sp³-hybridized carbons (Fsp3) is 0.333. The molecule has 1 aliphatic rings. The Morgan fingerprint density at radius 3 is 2.43 bits per heavy atom. The number of rotatable bonds is 4. The van der Waals surface area contributed by atoms with Gasteiger partial charge in [0.05, 0.1) is 4.88 Å². The molecule has 0 saturated carbocycles. The highest BCUT2D eigenvalue weighted by Crippen LogP contribution is 2.14. The molecule has 0 unspecified atom stereocenters. The first-order valence-corrected chi connectivity index (χ1v) is 8.82. The van der Waals surface area contributed by atoms with Crippen LogP contribution in [0, 0.1) is 0 Å². The Hall–Kier alpha value is -2.14. The molecule has 3 rings (SSSR count). The minimum atomic E-state index is -0.0616. The second kappa shape index (κ2) is 7.42. The zero-order chi connectivity index (χ0) is 16.1. The number of nitrogens with one attached hydrogen (secondary N) is 1. The van der Waals surface area contributed by atoms with E-state index >= 15 is 0 Å². The maximum absolute atomic E-state index is 12.4. The highest BCUT2D eigenvalue weighted by atomic mass is 32.1. The van der Waals surface area contributed by atoms with Gasteiger partial charge >= 0.3 is 0 Å². The molecule has 1 aliphatic heterocycles. The third-order valence-corrected chi connectivity index (χ3v) is 4.91. The molecule has 2 amide bonds. The lowest BCUT2D eigenvalue weighted by atomic mass is 10.1. The van der Waals surface area contributed by atoms with E-state index in [-0.39, 0.29) is 11.8 Å². The number of likely N-dealkylation sites (tertiary alicyclic amines) is 1. The van der Waals surface area contributed by atoms with Crippen molar-refractivity contribution in [2.24, 2.45) is 0 Å². The first-order chi connectivity index (χ1) is 11.2. The zero-order valence-corrected chi connectivity index (χ0v) is 13.8. The summed E-state index contributed by atoms with van der Waals surface area (Å²) >= 11 is 1.43. The molecule has 0 atom stereocenters. The largest absolute Gasteiger partial charge is 0.347 e. The molecule has 1 aromatic carbocycles. The van der Waals surface area contributed by atoms with Gasteiger partial charge in [-0.3, -0.25) is 9.59 Å². The summed E-state index contributed by atoms with van der Waals surface area (Å²) in [5.74, 6) is 0.0485. The Labute approximate surface area is 140 Å². The van der Waals surface area contributed by atoms with Crippen molar-refractivity contribution in [1.29, 1.82) is 0 Å². The number of benzene rings is 1. The fourth-order valence-corrected chi connectivity index (χ4v) is 3.36. The second-order valence-corrected chi connectivity index (χ2v) is 6.66. The van der Waals surface area contributed by atoms with Gasteiger partial charge in [-0.05, 0) is 48.4 Å². The molecule has 23 heavy (non-hydrogen) atoms. The van der Waals surface area contributed by atoms with Crippen molar-refractivity contribution in [2.45, 2.75) is 25.8 Å². The van der Waals surface area contributed by atoms with Crippen LogP contribution in [0.25, 0.3) is 0 Å². The van der Waals surface area contributed by atoms with Gasteiger partial charge in [0.25, 0.3) is 11.8 Å². The normalized spacial score (nSPS) is 14.5. The monoisotopic (exact) mass is 328 g/mol. The summed E-state index contributed by atoms with van der Waals surface area (Å²) < 4.78 is 0. The summed E-state index contributed by atoms with van der Waals surface area (Å²) in [7, 11) is 0. The Kier molecular flexibility index (Phi) is 5.08. The molecular formula is C18H20N2O2S. The molecule has 1 N–H and O–H groups in total. The van der Waals surface area contributed by atoms with Crippen molar-refractivity contribution in [3.05, 3.63) is 57.8 Å². The number of carbonyl (C=O) groups is 2. The summed E-state index contributed by atoms with van der Waals surface area (Å²) in [6, 6.07) is 11.2. The summed E-state index contributed by atoms with van der Waals surface area (Å²) in [5.41, 5.74) is 1.71. The van der Waals surface area contributed by atoms with E-state index in [0.29, 0.717) is 11.4 Å². The fourth-order valence-electron chi connectivity index (χ4n) is 2.72. The van der Waals surface area contributed by atoms with E-state index in [4.69, 9.17) is 0 Å². The molecule has 1 fully saturated rings. The van der Waals surface area contributed by atoms with Gasteiger partial charge in [0, 0.05) is 25.2 Å². The lowest BCUT2D eigenvalue weighted by Crippen LogP contribution is -2.35. The van der Waals surface area contributed by atoms with Crippen LogP contribution in [0.2, 0.25) is 0 Å². The number of piperidine rings is 1. The first kappa shape index (κ1) is 15.7. The molecule has 0 bridgehead atoms. The summed E-state index contributed by atoms with van der Waals surface area (Å²) in [4.78, 5) is 26.9. The van der Waals surface area contributed by atoms with Gasteiger partial charge in [-0.25, -0.2) is 0 Å². The van der Waals surface area contributed by atoms with Crippen LogP contribution in [-0.2, 0) is 6.54 Å². The predicted octanol–water partition coefficient (Wildman–Crippen LogP) is 3.30. The quantitative estimate of drug-likeness (QED) is 0.936. The van der Waals surface area contributed by atoms with Crippen LogP contribution < -0.4 is 5.32 Å². The average Bonchev–Trinajstić information content (AvgIpc) is 3.15. The zero-order valence-electron chi connectivity index (χ0n) is 13.0. The van der Waals surface area contributed by atoms with Gasteiger partial charge in [-0.1, -0.05) is 18.2 Å². The highest BCUT2D eigenvalue weighted by molar-refractivity contribution is 7.12. The van der Waals surface area contributed by atoms with Crippen molar-refractivity contribution >= 4 is 23.2 Å². The highest BCUT2D eigenvalue weighted by Gasteiger charge is 2.17. The third-order valence-electron chi connectivity index (χ3n) is 4.04. The van der Waals surface area contributed by atoms with Gasteiger partial charge < -0.3 is 10.2 Å². The van der Waals surface area contributed by atoms with E-state index in [0.717, 1.165) is 37.1 Å². The first-order valence-electron chi connectivity index (χ1n) is 7.94. The number of hydrogen-bond donors (Lipinski definition) is 1. The van der Waals surface area contributed by atoms with Crippen LogP contribution in [0.15, 0.2) is 41.8 Å². The molecule has 0 aliphatic carbocycles. The summed E-state index contributed by atoms with van der Waals surface area (Å²) in [6.45, 7) is 2.18. The minimum Gasteiger partial charge on any atom is -0.347 e. The van der Waals surface area contributed by atoms with E-state index in [1.165, 1.54) is 17.8 Å². The van der Waals surface area contributed by atoms with E-state index in [1.807, 2.05) is 40.6 Å². The third kappa shape index (κ3) is 3.99. The van der Waals surface area contributed by atoms with Gasteiger partial charge in [0.15, 0.2) is 0 Å². The molecule has 2 heterocycles. The number of thiophene rings is 1. The Morgan fingerprint density at radius 1 is 1.04 bits per heavy atom. The molecule has 2 aromatic rings. The van der Waals surface area contributed by atoms with Crippen molar-refractivity contribution in [2.75, 3.05) is 13.1 Å². The van der Waals surface area contributed by atoms with E-state index in [1.54, 1.807) is 6.07 Å². The van der Waals surface area contributed by atoms with Gasteiger partial charge in [-0.2, -0.15) is 0 Å². The summed E-state index contributed by atoms with van der Waals surface area (Å²) in [5, 5.41) is 4.77. The Balaban J connectivity index is 1.56. The van der Waals surface area contributed by atoms with Crippen molar-refractivity contribution in [3.8, 4) is 0 Å². The lowest BCUT2D eigenvalue weighted by molar-refractivity contribution is 0.0724. The maximum atomic E-state index is 12.4. The molecular weight excluding hydrogens is 308 g/mol. The molecule has 5 heteroatoms. The molecule has 1 aromatic heterocycles. The maximum Gasteiger partial charge on any atom is 0.261 e. The molecule has 0 spiro atoms. The number of amides is 2. The van der Waals surface area contributed by atoms with Crippen LogP contribution in [-0.4, -0.2) is 29.8 Å². The van der Waals surface area contributed by atoms with Crippen LogP contribution in [0.3, 0.4) is 0 Å². The smallest absolute Gasteiger partial charge is 0.261 e. The molecule has 4 nitrogen and oxygen atoms in total. The second-order valence-electron chi connectivity index (χ2n) is 5.71. The van der Waals surface area contributed by atoms with E-state index < -0.39 is 0 Å². The molecule has 0 radical (unpaired) electrons. The minimum absolute atomic E-state index is 0.0616. The van der Waals surface area contributed by atoms with E-state index in [2.05, 4.69) is 5.32 Å². The SMILES string of the molecule is O=C(NCc1ccc(C(=O)N2CCCCC2)cc1)c1cccs1.